The molecular weight excluding hydrogens is 370 g/mol. The Hall–Kier alpha value is -2.74. The van der Waals surface area contributed by atoms with Gasteiger partial charge in [-0.2, -0.15) is 0 Å². The van der Waals surface area contributed by atoms with Crippen molar-refractivity contribution in [2.75, 3.05) is 26.3 Å². The molecule has 0 fully saturated rings. The van der Waals surface area contributed by atoms with Crippen molar-refractivity contribution in [1.82, 2.24) is 14.7 Å². The van der Waals surface area contributed by atoms with Gasteiger partial charge in [0.25, 0.3) is 16.2 Å². The molecule has 0 saturated carbocycles. The maximum Gasteiger partial charge on any atom is 0.288 e. The third kappa shape index (κ3) is 4.66. The summed E-state index contributed by atoms with van der Waals surface area (Å²) in [5.41, 5.74) is -0.925. The third-order valence-electron chi connectivity index (χ3n) is 3.34. The lowest BCUT2D eigenvalue weighted by Crippen LogP contribution is -2.32. The number of non-ortho nitro benzene ring substituents is 2. The first kappa shape index (κ1) is 19.6. The van der Waals surface area contributed by atoms with E-state index < -0.39 is 21.2 Å². The number of aromatic nitrogens is 2. The summed E-state index contributed by atoms with van der Waals surface area (Å²) in [7, 11) is 0. The predicted octanol–water partition coefficient (Wildman–Crippen LogP) is 0.933. The molecule has 0 atom stereocenters. The smallest absolute Gasteiger partial charge is 0.288 e. The van der Waals surface area contributed by atoms with E-state index in [1.807, 2.05) is 0 Å². The quantitative estimate of drug-likeness (QED) is 0.361. The van der Waals surface area contributed by atoms with E-state index >= 15 is 0 Å². The van der Waals surface area contributed by atoms with Gasteiger partial charge in [0, 0.05) is 25.2 Å². The lowest BCUT2D eigenvalue weighted by Gasteiger charge is -2.18. The molecule has 0 amide bonds. The van der Waals surface area contributed by atoms with Crippen LogP contribution in [0.5, 0.6) is 0 Å². The summed E-state index contributed by atoms with van der Waals surface area (Å²) in [6.45, 7) is 0.324. The summed E-state index contributed by atoms with van der Waals surface area (Å²) >= 11 is 5.04. The number of nitrogens with zero attached hydrogens (tertiary/aromatic N) is 5. The summed E-state index contributed by atoms with van der Waals surface area (Å²) in [6.07, 6.45) is 0. The Morgan fingerprint density at radius 3 is 2.12 bits per heavy atom. The van der Waals surface area contributed by atoms with Gasteiger partial charge in [-0.25, -0.2) is 4.68 Å². The molecule has 1 aromatic carbocycles. The van der Waals surface area contributed by atoms with Crippen LogP contribution in [-0.4, -0.2) is 61.0 Å². The molecule has 0 saturated heterocycles. The fraction of sp³-hybridized carbons (Fsp3) is 0.385. The monoisotopic (exact) mass is 385 g/mol. The summed E-state index contributed by atoms with van der Waals surface area (Å²) in [4.78, 5) is 22.0. The Labute approximate surface area is 151 Å². The molecule has 1 heterocycles. The van der Waals surface area contributed by atoms with Crippen molar-refractivity contribution in [3.63, 3.8) is 0 Å². The Kier molecular flexibility index (Phi) is 6.46. The molecule has 0 aliphatic heterocycles. The van der Waals surface area contributed by atoms with Crippen LogP contribution in [0.1, 0.15) is 0 Å². The topological polar surface area (TPSA) is 161 Å². The van der Waals surface area contributed by atoms with Gasteiger partial charge in [0.2, 0.25) is 5.89 Å². The van der Waals surface area contributed by atoms with Crippen LogP contribution in [0.3, 0.4) is 0 Å². The fourth-order valence-corrected chi connectivity index (χ4v) is 2.34. The van der Waals surface area contributed by atoms with Crippen molar-refractivity contribution in [3.05, 3.63) is 43.3 Å². The van der Waals surface area contributed by atoms with E-state index in [1.54, 1.807) is 4.90 Å². The highest BCUT2D eigenvalue weighted by Gasteiger charge is 2.20. The number of benzene rings is 1. The predicted molar refractivity (Wildman–Crippen MR) is 89.8 cm³/mol. The molecule has 0 spiro atoms. The second-order valence-electron chi connectivity index (χ2n) is 5.13. The second-order valence-corrected chi connectivity index (χ2v) is 5.48. The average molecular weight is 385 g/mol. The number of rotatable bonds is 9. The fourth-order valence-electron chi connectivity index (χ4n) is 2.17. The van der Waals surface area contributed by atoms with Crippen LogP contribution in [0.25, 0.3) is 11.5 Å². The Balaban J connectivity index is 2.40. The van der Waals surface area contributed by atoms with Gasteiger partial charge in [-0.3, -0.25) is 25.1 Å². The van der Waals surface area contributed by atoms with Gasteiger partial charge in [-0.1, -0.05) is 0 Å². The van der Waals surface area contributed by atoms with E-state index in [-0.39, 0.29) is 49.3 Å². The average Bonchev–Trinajstić information content (AvgIpc) is 2.95. The number of nitro groups is 2. The first-order valence-electron chi connectivity index (χ1n) is 7.32. The van der Waals surface area contributed by atoms with Gasteiger partial charge in [-0.15, -0.1) is 5.10 Å². The molecule has 0 aliphatic carbocycles. The van der Waals surface area contributed by atoms with E-state index in [4.69, 9.17) is 26.8 Å². The van der Waals surface area contributed by atoms with E-state index in [0.717, 1.165) is 18.2 Å². The first-order chi connectivity index (χ1) is 12.3. The van der Waals surface area contributed by atoms with E-state index in [1.165, 1.54) is 4.68 Å². The molecule has 2 aromatic rings. The first-order valence-corrected chi connectivity index (χ1v) is 7.72. The number of nitro benzene ring substituents is 2. The van der Waals surface area contributed by atoms with Crippen LogP contribution in [0, 0.1) is 25.1 Å². The maximum atomic E-state index is 11.0. The van der Waals surface area contributed by atoms with Crippen LogP contribution < -0.4 is 0 Å². The minimum Gasteiger partial charge on any atom is -0.409 e. The van der Waals surface area contributed by atoms with Crippen molar-refractivity contribution in [3.8, 4) is 11.5 Å². The highest BCUT2D eigenvalue weighted by molar-refractivity contribution is 7.71. The molecule has 2 N–H and O–H groups in total. The zero-order valence-electron chi connectivity index (χ0n) is 13.3. The lowest BCUT2D eigenvalue weighted by atomic mass is 10.2. The number of aliphatic hydroxyl groups is 2. The molecule has 2 rings (SSSR count). The highest BCUT2D eigenvalue weighted by Crippen LogP contribution is 2.29. The second kappa shape index (κ2) is 8.57. The van der Waals surface area contributed by atoms with Crippen LogP contribution in [0.2, 0.25) is 0 Å². The SMILES string of the molecule is O=[N+]([O-])c1cc(-c2nn(CN(CCO)CCO)c(=S)o2)cc([N+](=O)[O-])c1. The number of aliphatic hydroxyl groups excluding tert-OH is 2. The van der Waals surface area contributed by atoms with E-state index in [2.05, 4.69) is 5.10 Å². The van der Waals surface area contributed by atoms with Crippen LogP contribution >= 0.6 is 12.2 Å². The van der Waals surface area contributed by atoms with Crippen molar-refractivity contribution >= 4 is 23.6 Å². The molecule has 0 unspecified atom stereocenters. The van der Waals surface area contributed by atoms with E-state index in [0.29, 0.717) is 0 Å². The highest BCUT2D eigenvalue weighted by atomic mass is 32.1. The number of hydrogen-bond acceptors (Lipinski definition) is 10. The summed E-state index contributed by atoms with van der Waals surface area (Å²) in [5, 5.41) is 44.1. The molecule has 13 heteroatoms. The zero-order valence-corrected chi connectivity index (χ0v) is 14.2. The summed E-state index contributed by atoms with van der Waals surface area (Å²) in [6, 6.07) is 3.02. The summed E-state index contributed by atoms with van der Waals surface area (Å²) in [5.74, 6) is -0.116. The Morgan fingerprint density at radius 1 is 1.12 bits per heavy atom. The Morgan fingerprint density at radius 2 is 1.65 bits per heavy atom. The van der Waals surface area contributed by atoms with Crippen molar-refractivity contribution in [1.29, 1.82) is 0 Å². The van der Waals surface area contributed by atoms with Gasteiger partial charge in [0.15, 0.2) is 0 Å². The molecule has 0 aliphatic rings. The molecule has 26 heavy (non-hydrogen) atoms. The minimum absolute atomic E-state index is 0.0339. The molecule has 1 aromatic heterocycles. The standard InChI is InChI=1S/C13H15N5O7S/c19-3-1-15(2-4-20)8-16-13(26)25-12(14-16)9-5-10(17(21)22)7-11(6-9)18(23)24/h5-7,19-20H,1-4,8H2. The van der Waals surface area contributed by atoms with Crippen LogP contribution in [0.4, 0.5) is 11.4 Å². The van der Waals surface area contributed by atoms with Crippen molar-refractivity contribution in [2.24, 2.45) is 0 Å². The van der Waals surface area contributed by atoms with Gasteiger partial charge >= 0.3 is 0 Å². The Bertz CT molecular complexity index is 827. The molecular formula is C13H15N5O7S. The van der Waals surface area contributed by atoms with Gasteiger partial charge in [-0.05, 0) is 12.2 Å². The lowest BCUT2D eigenvalue weighted by molar-refractivity contribution is -0.394. The van der Waals surface area contributed by atoms with Crippen LogP contribution in [-0.2, 0) is 6.67 Å². The normalized spacial score (nSPS) is 11.0. The molecule has 140 valence electrons. The van der Waals surface area contributed by atoms with Gasteiger partial charge in [0.05, 0.1) is 41.4 Å². The van der Waals surface area contributed by atoms with Crippen molar-refractivity contribution < 1.29 is 24.5 Å². The van der Waals surface area contributed by atoms with Crippen molar-refractivity contribution in [2.45, 2.75) is 6.67 Å². The van der Waals surface area contributed by atoms with Crippen LogP contribution in [0.15, 0.2) is 22.6 Å². The minimum atomic E-state index is -0.758. The van der Waals surface area contributed by atoms with Gasteiger partial charge < -0.3 is 14.6 Å². The molecule has 0 bridgehead atoms. The van der Waals surface area contributed by atoms with Gasteiger partial charge in [0.1, 0.15) is 0 Å². The zero-order chi connectivity index (χ0) is 19.3. The molecule has 0 radical (unpaired) electrons. The summed E-state index contributed by atoms with van der Waals surface area (Å²) < 4.78 is 6.55. The number of hydrogen-bond donors (Lipinski definition) is 2. The maximum absolute atomic E-state index is 11.0. The van der Waals surface area contributed by atoms with E-state index in [9.17, 15) is 20.2 Å². The third-order valence-corrected chi connectivity index (χ3v) is 3.64. The molecule has 12 nitrogen and oxygen atoms in total. The largest absolute Gasteiger partial charge is 0.409 e.